The fraction of sp³-hybridized carbons (Fsp3) is 0.0588. The Kier molecular flexibility index (Phi) is 5.28. The van der Waals surface area contributed by atoms with E-state index in [2.05, 4.69) is 31.5 Å². The summed E-state index contributed by atoms with van der Waals surface area (Å²) in [7, 11) is 0. The van der Waals surface area contributed by atoms with Crippen LogP contribution in [0.1, 0.15) is 5.56 Å². The zero-order chi connectivity index (χ0) is 18.7. The number of rotatable bonds is 3. The van der Waals surface area contributed by atoms with Crippen LogP contribution in [0.4, 0.5) is 28.8 Å². The quantitative estimate of drug-likeness (QED) is 0.505. The molecule has 0 saturated heterocycles. The van der Waals surface area contributed by atoms with Crippen LogP contribution in [-0.2, 0) is 6.18 Å². The van der Waals surface area contributed by atoms with Crippen molar-refractivity contribution in [2.45, 2.75) is 6.18 Å². The molecule has 2 N–H and O–H groups in total. The van der Waals surface area contributed by atoms with Crippen molar-refractivity contribution in [3.05, 3.63) is 63.9 Å². The van der Waals surface area contributed by atoms with E-state index in [9.17, 15) is 18.0 Å². The number of alkyl halides is 3. The molecular formula is C17H11BrF3N3OS. The average Bonchev–Trinajstić information content (AvgIpc) is 3.03. The standard InChI is InChI=1S/C17H11BrF3N3OS/c18-11-7-5-10(6-8-11)14-9-26-16(23-14)24-15(25)22-13-4-2-1-3-12(13)17(19,20)21/h1-9H,(H2,22,23,24,25). The maximum Gasteiger partial charge on any atom is 0.418 e. The van der Waals surface area contributed by atoms with Crippen molar-refractivity contribution >= 4 is 44.1 Å². The highest BCUT2D eigenvalue weighted by Gasteiger charge is 2.33. The number of amides is 2. The normalized spacial score (nSPS) is 11.2. The first-order valence-corrected chi connectivity index (χ1v) is 8.96. The van der Waals surface area contributed by atoms with Crippen LogP contribution in [0.25, 0.3) is 11.3 Å². The second-order valence-electron chi connectivity index (χ2n) is 5.17. The molecule has 26 heavy (non-hydrogen) atoms. The van der Waals surface area contributed by atoms with Crippen LogP contribution in [0.3, 0.4) is 0 Å². The van der Waals surface area contributed by atoms with Crippen molar-refractivity contribution in [3.8, 4) is 11.3 Å². The Morgan fingerprint density at radius 1 is 1.04 bits per heavy atom. The number of aromatic nitrogens is 1. The zero-order valence-electron chi connectivity index (χ0n) is 13.0. The number of carbonyl (C=O) groups excluding carboxylic acids is 1. The van der Waals surface area contributed by atoms with Gasteiger partial charge in [0.05, 0.1) is 16.9 Å². The lowest BCUT2D eigenvalue weighted by Gasteiger charge is -2.13. The van der Waals surface area contributed by atoms with Crippen molar-refractivity contribution in [1.82, 2.24) is 4.98 Å². The van der Waals surface area contributed by atoms with Crippen LogP contribution in [0.5, 0.6) is 0 Å². The summed E-state index contributed by atoms with van der Waals surface area (Å²) in [6, 6.07) is 11.4. The Labute approximate surface area is 159 Å². The summed E-state index contributed by atoms with van der Waals surface area (Å²) in [6.45, 7) is 0. The Balaban J connectivity index is 1.71. The minimum atomic E-state index is -4.56. The summed E-state index contributed by atoms with van der Waals surface area (Å²) < 4.78 is 39.8. The molecule has 0 aliphatic rings. The molecule has 0 fully saturated rings. The number of anilines is 2. The number of benzene rings is 2. The second kappa shape index (κ2) is 7.46. The van der Waals surface area contributed by atoms with E-state index in [0.29, 0.717) is 5.69 Å². The molecule has 0 radical (unpaired) electrons. The van der Waals surface area contributed by atoms with Crippen LogP contribution in [0.2, 0.25) is 0 Å². The lowest BCUT2D eigenvalue weighted by Crippen LogP contribution is -2.21. The maximum absolute atomic E-state index is 13.0. The Hall–Kier alpha value is -2.39. The highest BCUT2D eigenvalue weighted by molar-refractivity contribution is 9.10. The molecule has 0 unspecified atom stereocenters. The van der Waals surface area contributed by atoms with Crippen molar-refractivity contribution < 1.29 is 18.0 Å². The first-order chi connectivity index (χ1) is 12.3. The number of nitrogens with zero attached hydrogens (tertiary/aromatic N) is 1. The molecule has 1 heterocycles. The number of carbonyl (C=O) groups is 1. The molecule has 1 aromatic heterocycles. The molecule has 3 rings (SSSR count). The molecule has 3 aromatic rings. The monoisotopic (exact) mass is 441 g/mol. The van der Waals surface area contributed by atoms with Gasteiger partial charge in [0.2, 0.25) is 0 Å². The first kappa shape index (κ1) is 18.4. The molecule has 0 atom stereocenters. The minimum absolute atomic E-state index is 0.282. The van der Waals surface area contributed by atoms with Gasteiger partial charge < -0.3 is 5.32 Å². The van der Waals surface area contributed by atoms with Gasteiger partial charge in [-0.25, -0.2) is 9.78 Å². The average molecular weight is 442 g/mol. The molecule has 2 aromatic carbocycles. The van der Waals surface area contributed by atoms with E-state index in [4.69, 9.17) is 0 Å². The molecule has 0 aliphatic heterocycles. The predicted octanol–water partition coefficient (Wildman–Crippen LogP) is 6.24. The Morgan fingerprint density at radius 3 is 2.42 bits per heavy atom. The van der Waals surface area contributed by atoms with E-state index >= 15 is 0 Å². The van der Waals surface area contributed by atoms with Crippen molar-refractivity contribution in [3.63, 3.8) is 0 Å². The van der Waals surface area contributed by atoms with Gasteiger partial charge in [-0.15, -0.1) is 11.3 Å². The van der Waals surface area contributed by atoms with E-state index in [1.807, 2.05) is 24.3 Å². The fourth-order valence-electron chi connectivity index (χ4n) is 2.17. The summed E-state index contributed by atoms with van der Waals surface area (Å²) in [6.07, 6.45) is -4.56. The number of urea groups is 1. The number of para-hydroxylation sites is 1. The van der Waals surface area contributed by atoms with Gasteiger partial charge in [-0.1, -0.05) is 40.2 Å². The van der Waals surface area contributed by atoms with Gasteiger partial charge in [-0.3, -0.25) is 5.32 Å². The summed E-state index contributed by atoms with van der Waals surface area (Å²) in [4.78, 5) is 16.3. The van der Waals surface area contributed by atoms with Crippen LogP contribution < -0.4 is 10.6 Å². The number of thiazole rings is 1. The van der Waals surface area contributed by atoms with Crippen LogP contribution >= 0.6 is 27.3 Å². The summed E-state index contributed by atoms with van der Waals surface area (Å²) in [5.41, 5.74) is 0.292. The van der Waals surface area contributed by atoms with E-state index in [1.165, 1.54) is 29.5 Å². The maximum atomic E-state index is 13.0. The molecule has 134 valence electrons. The van der Waals surface area contributed by atoms with Gasteiger partial charge in [0.25, 0.3) is 0 Å². The molecular weight excluding hydrogens is 431 g/mol. The number of hydrogen-bond acceptors (Lipinski definition) is 3. The third-order valence-electron chi connectivity index (χ3n) is 3.35. The lowest BCUT2D eigenvalue weighted by atomic mass is 10.1. The van der Waals surface area contributed by atoms with Gasteiger partial charge in [0.15, 0.2) is 5.13 Å². The van der Waals surface area contributed by atoms with Crippen LogP contribution in [0, 0.1) is 0 Å². The van der Waals surface area contributed by atoms with E-state index in [-0.39, 0.29) is 10.8 Å². The van der Waals surface area contributed by atoms with Crippen molar-refractivity contribution in [2.75, 3.05) is 10.6 Å². The van der Waals surface area contributed by atoms with Gasteiger partial charge >= 0.3 is 12.2 Å². The molecule has 0 saturated carbocycles. The topological polar surface area (TPSA) is 54.0 Å². The highest BCUT2D eigenvalue weighted by Crippen LogP contribution is 2.34. The molecule has 4 nitrogen and oxygen atoms in total. The van der Waals surface area contributed by atoms with Gasteiger partial charge in [0.1, 0.15) is 0 Å². The number of halogens is 4. The molecule has 2 amide bonds. The van der Waals surface area contributed by atoms with E-state index in [0.717, 1.165) is 16.1 Å². The Bertz CT molecular complexity index is 926. The van der Waals surface area contributed by atoms with Gasteiger partial charge in [0, 0.05) is 15.4 Å². The van der Waals surface area contributed by atoms with Gasteiger partial charge in [-0.05, 0) is 24.3 Å². The van der Waals surface area contributed by atoms with E-state index in [1.54, 1.807) is 5.38 Å². The predicted molar refractivity (Wildman–Crippen MR) is 99.3 cm³/mol. The summed E-state index contributed by atoms with van der Waals surface area (Å²) >= 11 is 4.52. The molecule has 9 heteroatoms. The fourth-order valence-corrected chi connectivity index (χ4v) is 3.15. The second-order valence-corrected chi connectivity index (χ2v) is 6.94. The molecule has 0 bridgehead atoms. The zero-order valence-corrected chi connectivity index (χ0v) is 15.4. The molecule has 0 spiro atoms. The van der Waals surface area contributed by atoms with Crippen LogP contribution in [0.15, 0.2) is 58.4 Å². The van der Waals surface area contributed by atoms with Crippen LogP contribution in [-0.4, -0.2) is 11.0 Å². The third kappa shape index (κ3) is 4.41. The third-order valence-corrected chi connectivity index (χ3v) is 4.63. The first-order valence-electron chi connectivity index (χ1n) is 7.28. The number of hydrogen-bond donors (Lipinski definition) is 2. The van der Waals surface area contributed by atoms with Crippen molar-refractivity contribution in [2.24, 2.45) is 0 Å². The largest absolute Gasteiger partial charge is 0.418 e. The van der Waals surface area contributed by atoms with Gasteiger partial charge in [-0.2, -0.15) is 13.2 Å². The summed E-state index contributed by atoms with van der Waals surface area (Å²) in [5.74, 6) is 0. The Morgan fingerprint density at radius 2 is 1.73 bits per heavy atom. The minimum Gasteiger partial charge on any atom is -0.307 e. The SMILES string of the molecule is O=C(Nc1nc(-c2ccc(Br)cc2)cs1)Nc1ccccc1C(F)(F)F. The number of nitrogens with one attached hydrogen (secondary N) is 2. The highest BCUT2D eigenvalue weighted by atomic mass is 79.9. The van der Waals surface area contributed by atoms with E-state index < -0.39 is 17.8 Å². The van der Waals surface area contributed by atoms with Crippen molar-refractivity contribution in [1.29, 1.82) is 0 Å². The smallest absolute Gasteiger partial charge is 0.307 e. The summed E-state index contributed by atoms with van der Waals surface area (Å²) in [5, 5.41) is 6.70. The lowest BCUT2D eigenvalue weighted by molar-refractivity contribution is -0.136. The molecule has 0 aliphatic carbocycles.